The van der Waals surface area contributed by atoms with Crippen LogP contribution in [0.25, 0.3) is 21.7 Å². The molecule has 2 N–H and O–H groups in total. The topological polar surface area (TPSA) is 129 Å². The van der Waals surface area contributed by atoms with Gasteiger partial charge in [0.25, 0.3) is 11.8 Å². The number of aromatic nitrogens is 3. The van der Waals surface area contributed by atoms with E-state index in [0.29, 0.717) is 42.3 Å². The van der Waals surface area contributed by atoms with Crippen molar-refractivity contribution in [1.82, 2.24) is 24.8 Å². The fraction of sp³-hybridized carbons (Fsp3) is 0.457. The summed E-state index contributed by atoms with van der Waals surface area (Å²) < 4.78 is 7.39. The number of imidazole rings is 1. The first-order valence-electron chi connectivity index (χ1n) is 15.7. The highest BCUT2D eigenvalue weighted by atomic mass is 32.1. The second-order valence-electron chi connectivity index (χ2n) is 14.2. The Kier molecular flexibility index (Phi) is 9.52. The van der Waals surface area contributed by atoms with Gasteiger partial charge in [-0.1, -0.05) is 53.7 Å². The first-order chi connectivity index (χ1) is 21.7. The standard InChI is InChI=1S/C35H43N7O3S/c1-22(35(5,6)7)38-18-23-10-11-27-26(15-23)39-33(40-31(43)30-13-12-29(46-30)28-19-37-21-45-28)42(27)20-25-9-8-14-41(25)32(44)24(17-36)16-34(2,3)4/h10-13,15-16,19,21-22,25,38H,8-9,14,18,20H2,1-7H3,(H,39,40,43)/t22-,25+/m0/s1. The number of nitrogens with zero attached hydrogens (tertiary/aromatic N) is 5. The van der Waals surface area contributed by atoms with Crippen LogP contribution in [0, 0.1) is 22.2 Å². The molecule has 0 spiro atoms. The zero-order valence-corrected chi connectivity index (χ0v) is 28.5. The number of carbonyl (C=O) groups excluding carboxylic acids is 2. The number of nitrogens with one attached hydrogen (secondary N) is 2. The summed E-state index contributed by atoms with van der Waals surface area (Å²) in [5.74, 6) is 0.469. The second-order valence-corrected chi connectivity index (χ2v) is 15.2. The summed E-state index contributed by atoms with van der Waals surface area (Å²) in [4.78, 5) is 39.1. The molecule has 0 saturated carbocycles. The maximum absolute atomic E-state index is 13.6. The highest BCUT2D eigenvalue weighted by molar-refractivity contribution is 7.17. The van der Waals surface area contributed by atoms with Crippen molar-refractivity contribution in [1.29, 1.82) is 5.26 Å². The van der Waals surface area contributed by atoms with E-state index in [9.17, 15) is 14.9 Å². The quantitative estimate of drug-likeness (QED) is 0.148. The number of amides is 2. The number of oxazole rings is 1. The van der Waals surface area contributed by atoms with E-state index < -0.39 is 0 Å². The average Bonchev–Trinajstić information content (AvgIpc) is 3.80. The number of hydrogen-bond acceptors (Lipinski definition) is 8. The van der Waals surface area contributed by atoms with Crippen LogP contribution in [0.4, 0.5) is 5.95 Å². The van der Waals surface area contributed by atoms with Crippen molar-refractivity contribution in [3.8, 4) is 16.7 Å². The molecule has 0 unspecified atom stereocenters. The number of benzene rings is 1. The van der Waals surface area contributed by atoms with E-state index in [0.717, 1.165) is 34.3 Å². The van der Waals surface area contributed by atoms with Crippen LogP contribution in [0.15, 0.2) is 59.0 Å². The first kappa shape index (κ1) is 33.1. The summed E-state index contributed by atoms with van der Waals surface area (Å²) in [6.45, 7) is 16.4. The van der Waals surface area contributed by atoms with Gasteiger partial charge < -0.3 is 19.2 Å². The van der Waals surface area contributed by atoms with E-state index in [1.807, 2.05) is 37.5 Å². The van der Waals surface area contributed by atoms with E-state index in [1.165, 1.54) is 17.7 Å². The highest BCUT2D eigenvalue weighted by Crippen LogP contribution is 2.31. The summed E-state index contributed by atoms with van der Waals surface area (Å²) >= 11 is 1.31. The van der Waals surface area contributed by atoms with Crippen molar-refractivity contribution in [3.63, 3.8) is 0 Å². The molecule has 46 heavy (non-hydrogen) atoms. The van der Waals surface area contributed by atoms with Gasteiger partial charge in [-0.15, -0.1) is 11.3 Å². The minimum Gasteiger partial charge on any atom is -0.443 e. The Bertz CT molecular complexity index is 1780. The van der Waals surface area contributed by atoms with Gasteiger partial charge in [0, 0.05) is 25.7 Å². The number of rotatable bonds is 9. The fourth-order valence-corrected chi connectivity index (χ4v) is 6.32. The molecule has 0 bridgehead atoms. The second kappa shape index (κ2) is 13.2. The van der Waals surface area contributed by atoms with Crippen LogP contribution in [-0.2, 0) is 17.9 Å². The van der Waals surface area contributed by atoms with Crippen LogP contribution in [-0.4, -0.2) is 49.9 Å². The molecule has 0 aliphatic carbocycles. The zero-order valence-electron chi connectivity index (χ0n) is 27.7. The molecule has 4 heterocycles. The van der Waals surface area contributed by atoms with Crippen molar-refractivity contribution < 1.29 is 14.0 Å². The van der Waals surface area contributed by atoms with Crippen LogP contribution in [0.5, 0.6) is 0 Å². The van der Waals surface area contributed by atoms with Gasteiger partial charge in [-0.2, -0.15) is 5.26 Å². The van der Waals surface area contributed by atoms with Crippen LogP contribution in [0.2, 0.25) is 0 Å². The molecule has 1 aromatic carbocycles. The van der Waals surface area contributed by atoms with Crippen molar-refractivity contribution >= 4 is 40.1 Å². The van der Waals surface area contributed by atoms with Gasteiger partial charge in [0.05, 0.1) is 33.0 Å². The van der Waals surface area contributed by atoms with Crippen LogP contribution in [0.1, 0.15) is 76.5 Å². The predicted molar refractivity (Wildman–Crippen MR) is 181 cm³/mol. The number of hydrogen-bond donors (Lipinski definition) is 2. The van der Waals surface area contributed by atoms with E-state index >= 15 is 0 Å². The van der Waals surface area contributed by atoms with Gasteiger partial charge in [0.2, 0.25) is 5.95 Å². The Labute approximate surface area is 274 Å². The molecular formula is C35H43N7O3S. The molecular weight excluding hydrogens is 598 g/mol. The molecule has 4 aromatic rings. The van der Waals surface area contributed by atoms with E-state index in [1.54, 1.807) is 23.2 Å². The Morgan fingerprint density at radius 2 is 1.98 bits per heavy atom. The third-order valence-corrected chi connectivity index (χ3v) is 9.51. The molecule has 242 valence electrons. The third kappa shape index (κ3) is 7.57. The molecule has 1 saturated heterocycles. The first-order valence-corrected chi connectivity index (χ1v) is 16.5. The zero-order chi connectivity index (χ0) is 33.2. The van der Waals surface area contributed by atoms with E-state index in [2.05, 4.69) is 61.5 Å². The summed E-state index contributed by atoms with van der Waals surface area (Å²) in [6, 6.07) is 12.0. The van der Waals surface area contributed by atoms with Crippen molar-refractivity contribution in [2.45, 2.75) is 86.5 Å². The van der Waals surface area contributed by atoms with Gasteiger partial charge in [-0.05, 0) is 60.4 Å². The largest absolute Gasteiger partial charge is 0.443 e. The SMILES string of the molecule is C[C@H](NCc1ccc2c(c1)nc(NC(=O)c1ccc(-c3cnco3)s1)n2C[C@H]1CCCN1C(=O)C(C#N)=CC(C)(C)C)C(C)(C)C. The smallest absolute Gasteiger partial charge is 0.268 e. The van der Waals surface area contributed by atoms with E-state index in [-0.39, 0.29) is 34.3 Å². The molecule has 1 aliphatic heterocycles. The lowest BCUT2D eigenvalue weighted by Crippen LogP contribution is -2.39. The summed E-state index contributed by atoms with van der Waals surface area (Å²) in [5.41, 5.74) is 2.68. The molecule has 11 heteroatoms. The van der Waals surface area contributed by atoms with Crippen molar-refractivity contribution in [3.05, 3.63) is 65.0 Å². The lowest BCUT2D eigenvalue weighted by molar-refractivity contribution is -0.127. The Hall–Kier alpha value is -4.27. The molecule has 5 rings (SSSR count). The monoisotopic (exact) mass is 641 g/mol. The number of fused-ring (bicyclic) bond motifs is 1. The molecule has 10 nitrogen and oxygen atoms in total. The van der Waals surface area contributed by atoms with Gasteiger partial charge in [0.1, 0.15) is 11.6 Å². The summed E-state index contributed by atoms with van der Waals surface area (Å²) in [5, 5.41) is 16.5. The number of anilines is 1. The molecule has 3 aromatic heterocycles. The van der Waals surface area contributed by atoms with Crippen LogP contribution < -0.4 is 10.6 Å². The summed E-state index contributed by atoms with van der Waals surface area (Å²) in [7, 11) is 0. The van der Waals surface area contributed by atoms with Gasteiger partial charge in [0.15, 0.2) is 12.2 Å². The van der Waals surface area contributed by atoms with E-state index in [4.69, 9.17) is 9.40 Å². The normalized spacial score (nSPS) is 16.5. The number of thiophene rings is 1. The summed E-state index contributed by atoms with van der Waals surface area (Å²) in [6.07, 6.45) is 6.34. The lowest BCUT2D eigenvalue weighted by atomic mass is 9.88. The highest BCUT2D eigenvalue weighted by Gasteiger charge is 2.33. The Balaban J connectivity index is 1.45. The average molecular weight is 642 g/mol. The number of nitriles is 1. The molecule has 2 atom stereocenters. The predicted octanol–water partition coefficient (Wildman–Crippen LogP) is 7.02. The molecule has 1 aliphatic rings. The number of allylic oxidation sites excluding steroid dienone is 1. The van der Waals surface area contributed by atoms with Gasteiger partial charge >= 0.3 is 0 Å². The van der Waals surface area contributed by atoms with Crippen LogP contribution >= 0.6 is 11.3 Å². The minimum atomic E-state index is -0.305. The molecule has 0 radical (unpaired) electrons. The minimum absolute atomic E-state index is 0.121. The Morgan fingerprint density at radius 1 is 1.20 bits per heavy atom. The third-order valence-electron chi connectivity index (χ3n) is 8.41. The maximum atomic E-state index is 13.6. The van der Waals surface area contributed by atoms with Gasteiger partial charge in [-0.25, -0.2) is 9.97 Å². The van der Waals surface area contributed by atoms with Crippen LogP contribution in [0.3, 0.4) is 0 Å². The number of likely N-dealkylation sites (tertiary alicyclic amines) is 1. The van der Waals surface area contributed by atoms with Crippen molar-refractivity contribution in [2.75, 3.05) is 11.9 Å². The maximum Gasteiger partial charge on any atom is 0.268 e. The lowest BCUT2D eigenvalue weighted by Gasteiger charge is -2.28. The molecule has 2 amide bonds. The van der Waals surface area contributed by atoms with Crippen molar-refractivity contribution in [2.24, 2.45) is 10.8 Å². The van der Waals surface area contributed by atoms with Gasteiger partial charge in [-0.3, -0.25) is 14.9 Å². The fourth-order valence-electron chi connectivity index (χ4n) is 5.47. The Morgan fingerprint density at radius 3 is 2.65 bits per heavy atom. The number of carbonyl (C=O) groups is 2. The molecule has 1 fully saturated rings.